The molecule has 0 radical (unpaired) electrons. The van der Waals surface area contributed by atoms with Gasteiger partial charge in [-0.1, -0.05) is 132 Å². The van der Waals surface area contributed by atoms with E-state index in [1.54, 1.807) is 4.90 Å². The number of rotatable bonds is 22. The highest BCUT2D eigenvalue weighted by atomic mass is 16.2. The molecule has 5 heteroatoms. The molecule has 1 amide bonds. The Morgan fingerprint density at radius 2 is 1.20 bits per heavy atom. The molecule has 0 aromatic rings. The zero-order valence-electron chi connectivity index (χ0n) is 24.8. The van der Waals surface area contributed by atoms with Gasteiger partial charge in [-0.2, -0.15) is 0 Å². The highest BCUT2D eigenvalue weighted by Crippen LogP contribution is 2.19. The van der Waals surface area contributed by atoms with Gasteiger partial charge in [-0.3, -0.25) is 10.1 Å². The number of hydrogen-bond donors (Lipinski definition) is 3. The molecule has 0 aliphatic rings. The van der Waals surface area contributed by atoms with E-state index < -0.39 is 0 Å². The van der Waals surface area contributed by atoms with E-state index in [9.17, 15) is 4.79 Å². The van der Waals surface area contributed by atoms with Gasteiger partial charge in [0.1, 0.15) is 0 Å². The molecule has 0 aromatic carbocycles. The van der Waals surface area contributed by atoms with Gasteiger partial charge in [-0.25, -0.2) is 0 Å². The van der Waals surface area contributed by atoms with Gasteiger partial charge in [0.05, 0.1) is 18.2 Å². The number of unbranched alkanes of at least 4 members (excludes halogenated alkanes) is 12. The fraction of sp³-hybridized carbons (Fsp3) is 0.933. The van der Waals surface area contributed by atoms with E-state index >= 15 is 0 Å². The van der Waals surface area contributed by atoms with E-state index in [1.165, 1.54) is 77.0 Å². The highest BCUT2D eigenvalue weighted by Gasteiger charge is 2.33. The SMILES string of the molecule is CCCCCCCCCCCCCCCC(N)NC(C(=O)N(C)C(C(=N)C(C)C)C(C)C)C(C)C. The van der Waals surface area contributed by atoms with Crippen LogP contribution < -0.4 is 11.1 Å². The molecule has 0 bridgehead atoms. The van der Waals surface area contributed by atoms with Crippen molar-refractivity contribution >= 4 is 11.6 Å². The second-order valence-corrected chi connectivity index (χ2v) is 11.8. The maximum Gasteiger partial charge on any atom is 0.240 e. The number of nitrogens with one attached hydrogen (secondary N) is 2. The van der Waals surface area contributed by atoms with Crippen LogP contribution in [0.1, 0.15) is 138 Å². The van der Waals surface area contributed by atoms with E-state index in [0.29, 0.717) is 5.71 Å². The molecule has 3 atom stereocenters. The normalized spacial score (nSPS) is 14.5. The number of likely N-dealkylation sites (N-methyl/N-ethyl adjacent to an activating group) is 1. The van der Waals surface area contributed by atoms with Crippen molar-refractivity contribution in [2.45, 2.75) is 157 Å². The second-order valence-electron chi connectivity index (χ2n) is 11.8. The Morgan fingerprint density at radius 3 is 1.57 bits per heavy atom. The van der Waals surface area contributed by atoms with Crippen molar-refractivity contribution in [1.82, 2.24) is 10.2 Å². The van der Waals surface area contributed by atoms with E-state index in [0.717, 1.165) is 12.8 Å². The van der Waals surface area contributed by atoms with Gasteiger partial charge in [0.2, 0.25) is 5.91 Å². The average molecular weight is 495 g/mol. The lowest BCUT2D eigenvalue weighted by Gasteiger charge is -2.37. The number of amides is 1. The molecule has 0 heterocycles. The zero-order chi connectivity index (χ0) is 26.8. The van der Waals surface area contributed by atoms with Gasteiger partial charge in [0.25, 0.3) is 0 Å². The van der Waals surface area contributed by atoms with Crippen LogP contribution in [0.4, 0.5) is 0 Å². The number of hydrogen-bond acceptors (Lipinski definition) is 4. The van der Waals surface area contributed by atoms with Crippen LogP contribution in [0, 0.1) is 23.2 Å². The van der Waals surface area contributed by atoms with Gasteiger partial charge >= 0.3 is 0 Å². The average Bonchev–Trinajstić information content (AvgIpc) is 2.79. The minimum Gasteiger partial charge on any atom is -0.336 e. The molecule has 0 aromatic heterocycles. The molecule has 0 saturated carbocycles. The fourth-order valence-electron chi connectivity index (χ4n) is 4.96. The molecule has 0 aliphatic carbocycles. The number of carbonyl (C=O) groups excluding carboxylic acids is 1. The summed E-state index contributed by atoms with van der Waals surface area (Å²) >= 11 is 0. The van der Waals surface area contributed by atoms with E-state index in [-0.39, 0.29) is 41.9 Å². The minimum absolute atomic E-state index is 0.0462. The minimum atomic E-state index is -0.321. The number of nitrogens with two attached hydrogens (primary N) is 1. The van der Waals surface area contributed by atoms with Crippen LogP contribution in [0.3, 0.4) is 0 Å². The van der Waals surface area contributed by atoms with Gasteiger partial charge in [-0.05, 0) is 24.2 Å². The van der Waals surface area contributed by atoms with Crippen molar-refractivity contribution in [3.05, 3.63) is 0 Å². The van der Waals surface area contributed by atoms with Crippen LogP contribution in [0.25, 0.3) is 0 Å². The van der Waals surface area contributed by atoms with Gasteiger partial charge in [-0.15, -0.1) is 0 Å². The molecular formula is C30H62N4O. The largest absolute Gasteiger partial charge is 0.336 e. The quantitative estimate of drug-likeness (QED) is 0.0826. The standard InChI is InChI=1S/C30H62N4O/c1-9-10-11-12-13-14-15-16-17-18-19-20-21-22-26(31)33-28(24(4)5)30(35)34(8)29(25(6)7)27(32)23(2)3/h23-26,28-29,32-33H,9-22,31H2,1-8H3. The molecule has 3 unspecified atom stereocenters. The van der Waals surface area contributed by atoms with Crippen LogP contribution in [-0.2, 0) is 4.79 Å². The number of carbonyl (C=O) groups is 1. The summed E-state index contributed by atoms with van der Waals surface area (Å²) in [4.78, 5) is 15.2. The molecule has 208 valence electrons. The van der Waals surface area contributed by atoms with Crippen molar-refractivity contribution in [2.24, 2.45) is 23.5 Å². The first-order valence-corrected chi connectivity index (χ1v) is 14.9. The summed E-state index contributed by atoms with van der Waals surface area (Å²) < 4.78 is 0. The first-order valence-electron chi connectivity index (χ1n) is 14.9. The van der Waals surface area contributed by atoms with Gasteiger partial charge in [0, 0.05) is 12.8 Å². The summed E-state index contributed by atoms with van der Waals surface area (Å²) in [6, 6.07) is -0.499. The maximum atomic E-state index is 13.4. The van der Waals surface area contributed by atoms with Crippen molar-refractivity contribution in [3.63, 3.8) is 0 Å². The monoisotopic (exact) mass is 494 g/mol. The molecule has 35 heavy (non-hydrogen) atoms. The third kappa shape index (κ3) is 15.0. The van der Waals surface area contributed by atoms with Crippen molar-refractivity contribution in [2.75, 3.05) is 7.05 Å². The van der Waals surface area contributed by atoms with Crippen molar-refractivity contribution in [1.29, 1.82) is 5.41 Å². The van der Waals surface area contributed by atoms with E-state index in [2.05, 4.69) is 39.9 Å². The van der Waals surface area contributed by atoms with E-state index in [4.69, 9.17) is 11.1 Å². The first kappa shape index (κ1) is 34.1. The lowest BCUT2D eigenvalue weighted by molar-refractivity contribution is -0.135. The summed E-state index contributed by atoms with van der Waals surface area (Å²) in [7, 11) is 1.85. The Balaban J connectivity index is 4.29. The van der Waals surface area contributed by atoms with Crippen LogP contribution in [0.15, 0.2) is 0 Å². The Bertz CT molecular complexity index is 546. The zero-order valence-corrected chi connectivity index (χ0v) is 24.8. The molecule has 4 N–H and O–H groups in total. The van der Waals surface area contributed by atoms with Gasteiger partial charge in [0.15, 0.2) is 0 Å². The lowest BCUT2D eigenvalue weighted by atomic mass is 9.90. The summed E-state index contributed by atoms with van der Waals surface area (Å²) in [5, 5.41) is 11.9. The summed E-state index contributed by atoms with van der Waals surface area (Å²) in [6.07, 6.45) is 18.2. The molecule has 0 saturated heterocycles. The molecule has 0 fully saturated rings. The summed E-state index contributed by atoms with van der Waals surface area (Å²) in [5.41, 5.74) is 7.03. The molecule has 0 aliphatic heterocycles. The fourth-order valence-corrected chi connectivity index (χ4v) is 4.96. The van der Waals surface area contributed by atoms with Crippen LogP contribution >= 0.6 is 0 Å². The predicted molar refractivity (Wildman–Crippen MR) is 154 cm³/mol. The smallest absolute Gasteiger partial charge is 0.240 e. The van der Waals surface area contributed by atoms with Crippen LogP contribution in [0.5, 0.6) is 0 Å². The number of nitrogens with zero attached hydrogens (tertiary/aromatic N) is 1. The predicted octanol–water partition coefficient (Wildman–Crippen LogP) is 7.53. The Labute approximate surface area is 219 Å². The van der Waals surface area contributed by atoms with Gasteiger partial charge < -0.3 is 16.0 Å². The third-order valence-electron chi connectivity index (χ3n) is 7.28. The van der Waals surface area contributed by atoms with Crippen LogP contribution in [0.2, 0.25) is 0 Å². The Morgan fingerprint density at radius 1 is 0.771 bits per heavy atom. The maximum absolute atomic E-state index is 13.4. The van der Waals surface area contributed by atoms with Crippen molar-refractivity contribution < 1.29 is 4.79 Å². The van der Waals surface area contributed by atoms with Crippen LogP contribution in [-0.4, -0.2) is 41.8 Å². The molecule has 5 nitrogen and oxygen atoms in total. The Kier molecular flexibility index (Phi) is 19.6. The summed E-state index contributed by atoms with van der Waals surface area (Å²) in [6.45, 7) is 14.6. The summed E-state index contributed by atoms with van der Waals surface area (Å²) in [5.74, 6) is 0.514. The van der Waals surface area contributed by atoms with Crippen molar-refractivity contribution in [3.8, 4) is 0 Å². The third-order valence-corrected chi connectivity index (χ3v) is 7.28. The molecule has 0 spiro atoms. The Hall–Kier alpha value is -0.940. The topological polar surface area (TPSA) is 82.2 Å². The van der Waals surface area contributed by atoms with E-state index in [1.807, 2.05) is 20.9 Å². The molecule has 0 rings (SSSR count). The first-order chi connectivity index (χ1) is 16.5. The molecular weight excluding hydrogens is 432 g/mol. The lowest BCUT2D eigenvalue weighted by Crippen LogP contribution is -2.58. The highest BCUT2D eigenvalue weighted by molar-refractivity contribution is 5.93. The second kappa shape index (κ2) is 20.2.